The summed E-state index contributed by atoms with van der Waals surface area (Å²) in [5.41, 5.74) is 4.50. The summed E-state index contributed by atoms with van der Waals surface area (Å²) in [6.07, 6.45) is 1.32. The summed E-state index contributed by atoms with van der Waals surface area (Å²) in [6.45, 7) is 11.4. The summed E-state index contributed by atoms with van der Waals surface area (Å²) < 4.78 is 0. The van der Waals surface area contributed by atoms with Crippen LogP contribution < -0.4 is 10.2 Å². The number of amides is 2. The molecule has 0 aliphatic heterocycles. The molecule has 0 atom stereocenters. The number of rotatable bonds is 8. The monoisotopic (exact) mass is 423 g/mol. The fourth-order valence-corrected chi connectivity index (χ4v) is 3.60. The molecule has 2 amide bonds. The maximum Gasteiger partial charge on any atom is 0.254 e. The minimum absolute atomic E-state index is 0.00250. The maximum absolute atomic E-state index is 13.2. The molecule has 0 aromatic heterocycles. The van der Waals surface area contributed by atoms with E-state index >= 15 is 0 Å². The first-order chi connectivity index (χ1) is 14.5. The summed E-state index contributed by atoms with van der Waals surface area (Å²) in [5.74, 6) is 0.0229. The van der Waals surface area contributed by atoms with Gasteiger partial charge in [-0.15, -0.1) is 0 Å². The lowest BCUT2D eigenvalue weighted by atomic mass is 9.92. The predicted molar refractivity (Wildman–Crippen MR) is 130 cm³/mol. The van der Waals surface area contributed by atoms with Gasteiger partial charge >= 0.3 is 0 Å². The van der Waals surface area contributed by atoms with E-state index in [0.717, 1.165) is 28.9 Å². The van der Waals surface area contributed by atoms with Gasteiger partial charge in [-0.1, -0.05) is 45.4 Å². The third-order valence-corrected chi connectivity index (χ3v) is 4.94. The zero-order valence-corrected chi connectivity index (χ0v) is 20.1. The van der Waals surface area contributed by atoms with Crippen molar-refractivity contribution in [3.8, 4) is 0 Å². The van der Waals surface area contributed by atoms with Gasteiger partial charge in [-0.25, -0.2) is 0 Å². The zero-order chi connectivity index (χ0) is 23.2. The summed E-state index contributed by atoms with van der Waals surface area (Å²) in [7, 11) is 3.98. The highest BCUT2D eigenvalue weighted by molar-refractivity contribution is 5.94. The van der Waals surface area contributed by atoms with Crippen LogP contribution in [0.1, 0.15) is 62.0 Å². The fraction of sp³-hybridized carbons (Fsp3) is 0.462. The Labute approximate surface area is 187 Å². The Bertz CT molecular complexity index is 913. The van der Waals surface area contributed by atoms with Crippen molar-refractivity contribution in [2.24, 2.45) is 5.41 Å². The van der Waals surface area contributed by atoms with E-state index in [1.807, 2.05) is 94.1 Å². The Morgan fingerprint density at radius 3 is 2.32 bits per heavy atom. The second-order valence-electron chi connectivity index (χ2n) is 9.62. The van der Waals surface area contributed by atoms with Gasteiger partial charge in [0, 0.05) is 50.5 Å². The molecule has 2 aromatic carbocycles. The highest BCUT2D eigenvalue weighted by Crippen LogP contribution is 2.26. The molecule has 0 aliphatic carbocycles. The molecule has 0 radical (unpaired) electrons. The number of carbonyl (C=O) groups is 2. The van der Waals surface area contributed by atoms with Gasteiger partial charge in [0.25, 0.3) is 5.91 Å². The van der Waals surface area contributed by atoms with Crippen LogP contribution in [0, 0.1) is 12.3 Å². The predicted octanol–water partition coefficient (Wildman–Crippen LogP) is 5.49. The van der Waals surface area contributed by atoms with Gasteiger partial charge in [0.05, 0.1) is 0 Å². The Kier molecular flexibility index (Phi) is 8.26. The van der Waals surface area contributed by atoms with Gasteiger partial charge in [0.2, 0.25) is 5.91 Å². The lowest BCUT2D eigenvalue weighted by molar-refractivity contribution is -0.117. The first-order valence-corrected chi connectivity index (χ1v) is 11.0. The van der Waals surface area contributed by atoms with Crippen LogP contribution in [-0.4, -0.2) is 37.4 Å². The van der Waals surface area contributed by atoms with E-state index in [1.165, 1.54) is 0 Å². The Hall–Kier alpha value is -2.82. The quantitative estimate of drug-likeness (QED) is 0.611. The molecular weight excluding hydrogens is 386 g/mol. The van der Waals surface area contributed by atoms with Crippen LogP contribution in [-0.2, 0) is 11.3 Å². The van der Waals surface area contributed by atoms with Crippen molar-refractivity contribution in [3.05, 3.63) is 59.2 Å². The van der Waals surface area contributed by atoms with Gasteiger partial charge < -0.3 is 15.1 Å². The van der Waals surface area contributed by atoms with Crippen LogP contribution in [0.15, 0.2) is 42.5 Å². The van der Waals surface area contributed by atoms with Crippen LogP contribution in [0.25, 0.3) is 0 Å². The molecule has 0 heterocycles. The van der Waals surface area contributed by atoms with Crippen LogP contribution in [0.3, 0.4) is 0 Å². The molecule has 0 unspecified atom stereocenters. The molecule has 0 bridgehead atoms. The maximum atomic E-state index is 13.2. The summed E-state index contributed by atoms with van der Waals surface area (Å²) >= 11 is 0. The molecule has 2 aromatic rings. The van der Waals surface area contributed by atoms with Gasteiger partial charge in [-0.3, -0.25) is 9.59 Å². The highest BCUT2D eigenvalue weighted by atomic mass is 16.2. The molecular formula is C26H37N3O2. The molecule has 31 heavy (non-hydrogen) atoms. The number of anilines is 2. The number of nitrogens with zero attached hydrogens (tertiary/aromatic N) is 2. The van der Waals surface area contributed by atoms with Crippen LogP contribution in [0.4, 0.5) is 11.4 Å². The van der Waals surface area contributed by atoms with E-state index in [1.54, 1.807) is 0 Å². The number of aryl methyl sites for hydroxylation is 1. The van der Waals surface area contributed by atoms with Crippen molar-refractivity contribution in [3.63, 3.8) is 0 Å². The van der Waals surface area contributed by atoms with Crippen molar-refractivity contribution in [2.75, 3.05) is 30.9 Å². The average Bonchev–Trinajstić information content (AvgIpc) is 2.65. The standard InChI is InChI=1S/C26H37N3O2/c1-8-14-29(25(31)20-11-9-10-19(2)15-20)18-21-16-22(12-13-23(21)28(6)7)27-24(30)17-26(3,4)5/h9-13,15-16H,8,14,17-18H2,1-7H3,(H,27,30). The van der Waals surface area contributed by atoms with Gasteiger partial charge in [-0.2, -0.15) is 0 Å². The topological polar surface area (TPSA) is 52.7 Å². The summed E-state index contributed by atoms with van der Waals surface area (Å²) in [5, 5.41) is 3.02. The van der Waals surface area contributed by atoms with E-state index in [2.05, 4.69) is 12.2 Å². The average molecular weight is 424 g/mol. The Balaban J connectivity index is 2.31. The second kappa shape index (κ2) is 10.5. The Morgan fingerprint density at radius 1 is 1.03 bits per heavy atom. The molecule has 0 saturated carbocycles. The van der Waals surface area contributed by atoms with E-state index in [4.69, 9.17) is 0 Å². The van der Waals surface area contributed by atoms with Gasteiger partial charge in [-0.05, 0) is 54.7 Å². The Morgan fingerprint density at radius 2 is 1.74 bits per heavy atom. The molecule has 5 heteroatoms. The second-order valence-corrected chi connectivity index (χ2v) is 9.62. The molecule has 0 aliphatic rings. The lowest BCUT2D eigenvalue weighted by Gasteiger charge is -2.26. The van der Waals surface area contributed by atoms with Crippen LogP contribution in [0.2, 0.25) is 0 Å². The van der Waals surface area contributed by atoms with E-state index in [9.17, 15) is 9.59 Å². The molecule has 0 fully saturated rings. The summed E-state index contributed by atoms with van der Waals surface area (Å²) in [6, 6.07) is 13.6. The smallest absolute Gasteiger partial charge is 0.254 e. The number of nitrogens with one attached hydrogen (secondary N) is 1. The van der Waals surface area contributed by atoms with Crippen molar-refractivity contribution in [1.82, 2.24) is 4.90 Å². The number of hydrogen-bond donors (Lipinski definition) is 1. The van der Waals surface area contributed by atoms with Crippen molar-refractivity contribution < 1.29 is 9.59 Å². The first-order valence-electron chi connectivity index (χ1n) is 11.0. The van der Waals surface area contributed by atoms with Crippen LogP contribution in [0.5, 0.6) is 0 Å². The largest absolute Gasteiger partial charge is 0.377 e. The van der Waals surface area contributed by atoms with Crippen LogP contribution >= 0.6 is 0 Å². The normalized spacial score (nSPS) is 11.2. The zero-order valence-electron chi connectivity index (χ0n) is 20.1. The lowest BCUT2D eigenvalue weighted by Crippen LogP contribution is -2.32. The summed E-state index contributed by atoms with van der Waals surface area (Å²) in [4.78, 5) is 29.6. The number of benzene rings is 2. The molecule has 2 rings (SSSR count). The van der Waals surface area contributed by atoms with Crippen molar-refractivity contribution >= 4 is 23.2 Å². The van der Waals surface area contributed by atoms with Crippen molar-refractivity contribution in [2.45, 2.75) is 54.0 Å². The number of hydrogen-bond acceptors (Lipinski definition) is 3. The minimum atomic E-state index is -0.0748. The fourth-order valence-electron chi connectivity index (χ4n) is 3.60. The third kappa shape index (κ3) is 7.42. The molecule has 5 nitrogen and oxygen atoms in total. The van der Waals surface area contributed by atoms with Gasteiger partial charge in [0.15, 0.2) is 0 Å². The highest BCUT2D eigenvalue weighted by Gasteiger charge is 2.19. The molecule has 0 saturated heterocycles. The first kappa shape index (κ1) is 24.4. The minimum Gasteiger partial charge on any atom is -0.377 e. The SMILES string of the molecule is CCCN(Cc1cc(NC(=O)CC(C)(C)C)ccc1N(C)C)C(=O)c1cccc(C)c1. The van der Waals surface area contributed by atoms with E-state index in [0.29, 0.717) is 25.1 Å². The number of carbonyl (C=O) groups excluding carboxylic acids is 2. The molecule has 0 spiro atoms. The molecule has 1 N–H and O–H groups in total. The molecule has 168 valence electrons. The van der Waals surface area contributed by atoms with Gasteiger partial charge in [0.1, 0.15) is 0 Å². The third-order valence-electron chi connectivity index (χ3n) is 4.94. The van der Waals surface area contributed by atoms with E-state index in [-0.39, 0.29) is 17.2 Å². The van der Waals surface area contributed by atoms with E-state index < -0.39 is 0 Å². The van der Waals surface area contributed by atoms with Crippen molar-refractivity contribution in [1.29, 1.82) is 0 Å².